The van der Waals surface area contributed by atoms with Crippen molar-refractivity contribution in [2.24, 2.45) is 4.99 Å². The Hall–Kier alpha value is -1.22. The maximum absolute atomic E-state index is 5.99. The predicted molar refractivity (Wildman–Crippen MR) is 56.5 cm³/mol. The third-order valence-corrected chi connectivity index (χ3v) is 2.34. The van der Waals surface area contributed by atoms with Crippen LogP contribution in [0.3, 0.4) is 0 Å². The molecule has 0 radical (unpaired) electrons. The Bertz CT molecular complexity index is 352. The van der Waals surface area contributed by atoms with Crippen LogP contribution in [0.15, 0.2) is 29.3 Å². The molecule has 0 spiro atoms. The van der Waals surface area contributed by atoms with Gasteiger partial charge in [0.15, 0.2) is 0 Å². The van der Waals surface area contributed by atoms with Crippen molar-refractivity contribution in [2.75, 3.05) is 13.2 Å². The molecule has 1 N–H and O–H groups in total. The van der Waals surface area contributed by atoms with Crippen molar-refractivity contribution in [3.8, 4) is 0 Å². The lowest BCUT2D eigenvalue weighted by Crippen LogP contribution is -2.22. The van der Waals surface area contributed by atoms with Crippen LogP contribution in [0.5, 0.6) is 0 Å². The van der Waals surface area contributed by atoms with E-state index in [0.717, 1.165) is 17.1 Å². The predicted octanol–water partition coefficient (Wildman–Crippen LogP) is 1.82. The van der Waals surface area contributed by atoms with Crippen molar-refractivity contribution < 1.29 is 4.74 Å². The molecule has 0 aliphatic carbocycles. The second-order valence-corrected chi connectivity index (χ2v) is 3.39. The van der Waals surface area contributed by atoms with Gasteiger partial charge in [0.2, 0.25) is 0 Å². The van der Waals surface area contributed by atoms with Gasteiger partial charge in [-0.1, -0.05) is 29.8 Å². The van der Waals surface area contributed by atoms with Crippen molar-refractivity contribution in [1.82, 2.24) is 5.32 Å². The molecule has 0 saturated carbocycles. The lowest BCUT2D eigenvalue weighted by molar-refractivity contribution is 0.331. The first-order valence-electron chi connectivity index (χ1n) is 4.51. The zero-order chi connectivity index (χ0) is 9.80. The second-order valence-electron chi connectivity index (χ2n) is 2.98. The molecule has 0 fully saturated rings. The van der Waals surface area contributed by atoms with E-state index < -0.39 is 0 Å². The Kier molecular flexibility index (Phi) is 2.89. The van der Waals surface area contributed by atoms with Crippen LogP contribution in [0, 0.1) is 0 Å². The largest absolute Gasteiger partial charge is 0.463 e. The summed E-state index contributed by atoms with van der Waals surface area (Å²) < 4.78 is 5.21. The average molecular weight is 211 g/mol. The summed E-state index contributed by atoms with van der Waals surface area (Å²) in [5.74, 6) is 0. The standard InChI is InChI=1S/C10H11ClN2O/c11-9-4-2-1-3-8(9)7-13-10-12-5-6-14-10/h1-4H,5-7H2,(H,12,13). The van der Waals surface area contributed by atoms with Gasteiger partial charge in [-0.05, 0) is 11.6 Å². The highest BCUT2D eigenvalue weighted by Crippen LogP contribution is 2.14. The number of hydrogen-bond donors (Lipinski definition) is 1. The summed E-state index contributed by atoms with van der Waals surface area (Å²) in [6, 6.07) is 8.33. The molecule has 1 aliphatic heterocycles. The van der Waals surface area contributed by atoms with E-state index in [2.05, 4.69) is 10.3 Å². The van der Waals surface area contributed by atoms with Crippen molar-refractivity contribution >= 4 is 17.6 Å². The number of rotatable bonds is 2. The molecule has 0 atom stereocenters. The third kappa shape index (κ3) is 2.17. The van der Waals surface area contributed by atoms with Gasteiger partial charge in [0.05, 0.1) is 6.54 Å². The minimum Gasteiger partial charge on any atom is -0.463 e. The molecule has 0 aromatic heterocycles. The van der Waals surface area contributed by atoms with Crippen LogP contribution in [-0.2, 0) is 11.3 Å². The molecule has 3 nitrogen and oxygen atoms in total. The fourth-order valence-electron chi connectivity index (χ4n) is 1.25. The molecule has 2 rings (SSSR count). The van der Waals surface area contributed by atoms with Crippen LogP contribution in [0.2, 0.25) is 5.02 Å². The molecule has 4 heteroatoms. The maximum atomic E-state index is 5.99. The summed E-state index contributed by atoms with van der Waals surface area (Å²) in [7, 11) is 0. The van der Waals surface area contributed by atoms with Crippen LogP contribution in [-0.4, -0.2) is 19.2 Å². The Morgan fingerprint density at radius 1 is 1.43 bits per heavy atom. The molecule has 0 bridgehead atoms. The van der Waals surface area contributed by atoms with Gasteiger partial charge in [0.1, 0.15) is 6.61 Å². The lowest BCUT2D eigenvalue weighted by Gasteiger charge is -2.06. The minimum absolute atomic E-state index is 0.616. The van der Waals surface area contributed by atoms with Crippen LogP contribution < -0.4 is 5.32 Å². The topological polar surface area (TPSA) is 33.6 Å². The summed E-state index contributed by atoms with van der Waals surface area (Å²) in [6.45, 7) is 2.06. The summed E-state index contributed by atoms with van der Waals surface area (Å²) in [5.41, 5.74) is 1.05. The first-order valence-corrected chi connectivity index (χ1v) is 4.88. The summed E-state index contributed by atoms with van der Waals surface area (Å²) in [6.07, 6.45) is 0. The van der Waals surface area contributed by atoms with Gasteiger partial charge in [0, 0.05) is 11.6 Å². The molecule has 1 aliphatic rings. The van der Waals surface area contributed by atoms with E-state index in [-0.39, 0.29) is 0 Å². The summed E-state index contributed by atoms with van der Waals surface area (Å²) in [5, 5.41) is 3.84. The van der Waals surface area contributed by atoms with Crippen molar-refractivity contribution in [2.45, 2.75) is 6.54 Å². The van der Waals surface area contributed by atoms with E-state index in [9.17, 15) is 0 Å². The molecule has 1 aromatic rings. The Morgan fingerprint density at radius 3 is 3.00 bits per heavy atom. The monoisotopic (exact) mass is 210 g/mol. The Labute approximate surface area is 87.7 Å². The van der Waals surface area contributed by atoms with Gasteiger partial charge in [-0.25, -0.2) is 4.99 Å². The zero-order valence-corrected chi connectivity index (χ0v) is 8.42. The fourth-order valence-corrected chi connectivity index (χ4v) is 1.46. The molecular weight excluding hydrogens is 200 g/mol. The highest BCUT2D eigenvalue weighted by molar-refractivity contribution is 6.31. The van der Waals surface area contributed by atoms with E-state index in [0.29, 0.717) is 19.2 Å². The molecule has 0 saturated heterocycles. The molecule has 14 heavy (non-hydrogen) atoms. The van der Waals surface area contributed by atoms with E-state index in [4.69, 9.17) is 16.3 Å². The lowest BCUT2D eigenvalue weighted by atomic mass is 10.2. The van der Waals surface area contributed by atoms with E-state index in [1.807, 2.05) is 24.3 Å². The van der Waals surface area contributed by atoms with Gasteiger partial charge in [0.25, 0.3) is 6.02 Å². The van der Waals surface area contributed by atoms with Crippen LogP contribution in [0.25, 0.3) is 0 Å². The third-order valence-electron chi connectivity index (χ3n) is 1.97. The highest BCUT2D eigenvalue weighted by Gasteiger charge is 2.06. The molecule has 1 heterocycles. The number of nitrogens with zero attached hydrogens (tertiary/aromatic N) is 1. The first-order chi connectivity index (χ1) is 6.86. The van der Waals surface area contributed by atoms with E-state index in [1.54, 1.807) is 0 Å². The number of amidine groups is 1. The number of hydrogen-bond acceptors (Lipinski definition) is 3. The molecule has 0 unspecified atom stereocenters. The van der Waals surface area contributed by atoms with Crippen LogP contribution in [0.4, 0.5) is 0 Å². The second kappa shape index (κ2) is 4.33. The number of ether oxygens (including phenoxy) is 1. The Balaban J connectivity index is 1.94. The van der Waals surface area contributed by atoms with Crippen molar-refractivity contribution in [3.05, 3.63) is 34.9 Å². The molecular formula is C10H11ClN2O. The number of nitrogens with one attached hydrogen (secondary N) is 1. The van der Waals surface area contributed by atoms with Crippen LogP contribution >= 0.6 is 11.6 Å². The van der Waals surface area contributed by atoms with Gasteiger partial charge < -0.3 is 10.1 Å². The maximum Gasteiger partial charge on any atom is 0.285 e. The molecule has 74 valence electrons. The quantitative estimate of drug-likeness (QED) is 0.808. The smallest absolute Gasteiger partial charge is 0.285 e. The van der Waals surface area contributed by atoms with Crippen molar-refractivity contribution in [1.29, 1.82) is 0 Å². The number of benzene rings is 1. The zero-order valence-electron chi connectivity index (χ0n) is 7.66. The van der Waals surface area contributed by atoms with E-state index in [1.165, 1.54) is 0 Å². The van der Waals surface area contributed by atoms with Gasteiger partial charge >= 0.3 is 0 Å². The normalized spacial score (nSPS) is 14.8. The highest BCUT2D eigenvalue weighted by atomic mass is 35.5. The van der Waals surface area contributed by atoms with Gasteiger partial charge in [-0.2, -0.15) is 0 Å². The van der Waals surface area contributed by atoms with Gasteiger partial charge in [-0.3, -0.25) is 0 Å². The number of halogens is 1. The van der Waals surface area contributed by atoms with Crippen LogP contribution in [0.1, 0.15) is 5.56 Å². The first kappa shape index (κ1) is 9.34. The fraction of sp³-hybridized carbons (Fsp3) is 0.300. The van der Waals surface area contributed by atoms with E-state index >= 15 is 0 Å². The molecule has 1 aromatic carbocycles. The molecule has 0 amide bonds. The van der Waals surface area contributed by atoms with Crippen molar-refractivity contribution in [3.63, 3.8) is 0 Å². The number of aliphatic imine (C=N–C) groups is 1. The average Bonchev–Trinajstić information content (AvgIpc) is 2.69. The SMILES string of the molecule is Clc1ccccc1CNC1=NCCO1. The minimum atomic E-state index is 0.616. The Morgan fingerprint density at radius 2 is 2.29 bits per heavy atom. The van der Waals surface area contributed by atoms with Gasteiger partial charge in [-0.15, -0.1) is 0 Å². The summed E-state index contributed by atoms with van der Waals surface area (Å²) in [4.78, 5) is 4.12. The summed E-state index contributed by atoms with van der Waals surface area (Å²) >= 11 is 5.99.